The molecule has 3 heteroatoms. The highest BCUT2D eigenvalue weighted by molar-refractivity contribution is 7.99. The molecule has 2 nitrogen and oxygen atoms in total. The Morgan fingerprint density at radius 3 is 2.85 bits per heavy atom. The minimum atomic E-state index is -0.399. The van der Waals surface area contributed by atoms with E-state index in [9.17, 15) is 5.11 Å². The highest BCUT2D eigenvalue weighted by atomic mass is 32.2. The van der Waals surface area contributed by atoms with Crippen LogP contribution in [0.15, 0.2) is 0 Å². The number of hydrogen-bond acceptors (Lipinski definition) is 3. The van der Waals surface area contributed by atoms with Crippen LogP contribution in [0.25, 0.3) is 0 Å². The van der Waals surface area contributed by atoms with Gasteiger partial charge in [0.05, 0.1) is 5.60 Å². The van der Waals surface area contributed by atoms with Gasteiger partial charge in [0.15, 0.2) is 0 Å². The van der Waals surface area contributed by atoms with Crippen LogP contribution in [0.1, 0.15) is 26.2 Å². The molecule has 2 fully saturated rings. The predicted octanol–water partition coefficient (Wildman–Crippen LogP) is 1.24. The molecule has 0 aromatic carbocycles. The SMILES string of the molecule is CC1CC(NCC2(O)CCSC2)C1. The Bertz CT molecular complexity index is 174. The van der Waals surface area contributed by atoms with Crippen LogP contribution in [-0.2, 0) is 0 Å². The maximum Gasteiger partial charge on any atom is 0.0869 e. The largest absolute Gasteiger partial charge is 0.388 e. The van der Waals surface area contributed by atoms with Crippen LogP contribution < -0.4 is 5.32 Å². The molecule has 1 saturated heterocycles. The molecule has 2 N–H and O–H groups in total. The minimum Gasteiger partial charge on any atom is -0.388 e. The zero-order chi connectivity index (χ0) is 9.31. The molecule has 0 amide bonds. The van der Waals surface area contributed by atoms with Crippen LogP contribution in [0.5, 0.6) is 0 Å². The fourth-order valence-corrected chi connectivity index (χ4v) is 3.43. The molecule has 2 rings (SSSR count). The van der Waals surface area contributed by atoms with Crippen molar-refractivity contribution in [3.8, 4) is 0 Å². The predicted molar refractivity (Wildman–Crippen MR) is 57.1 cm³/mol. The smallest absolute Gasteiger partial charge is 0.0869 e. The first-order chi connectivity index (χ1) is 6.18. The summed E-state index contributed by atoms with van der Waals surface area (Å²) in [4.78, 5) is 0. The zero-order valence-electron chi connectivity index (χ0n) is 8.25. The molecule has 1 atom stereocenters. The molecule has 1 unspecified atom stereocenters. The molecule has 0 spiro atoms. The molecular formula is C10H19NOS. The van der Waals surface area contributed by atoms with E-state index in [4.69, 9.17) is 0 Å². The summed E-state index contributed by atoms with van der Waals surface area (Å²) in [6, 6.07) is 0.685. The Morgan fingerprint density at radius 2 is 2.31 bits per heavy atom. The van der Waals surface area contributed by atoms with Crippen LogP contribution in [-0.4, -0.2) is 34.8 Å². The molecule has 0 bridgehead atoms. The average molecular weight is 201 g/mol. The van der Waals surface area contributed by atoms with Gasteiger partial charge in [-0.1, -0.05) is 6.92 Å². The second-order valence-electron chi connectivity index (χ2n) is 4.68. The maximum absolute atomic E-state index is 10.0. The van der Waals surface area contributed by atoms with Crippen LogP contribution in [0.3, 0.4) is 0 Å². The lowest BCUT2D eigenvalue weighted by Crippen LogP contribution is -2.48. The van der Waals surface area contributed by atoms with Crippen molar-refractivity contribution in [1.82, 2.24) is 5.32 Å². The van der Waals surface area contributed by atoms with Gasteiger partial charge in [0.25, 0.3) is 0 Å². The standard InChI is InChI=1S/C10H19NOS/c1-8-4-9(5-8)11-6-10(12)2-3-13-7-10/h8-9,11-12H,2-7H2,1H3. The monoisotopic (exact) mass is 201 g/mol. The molecular weight excluding hydrogens is 182 g/mol. The van der Waals surface area contributed by atoms with E-state index in [0.717, 1.165) is 30.4 Å². The number of thioether (sulfide) groups is 1. The van der Waals surface area contributed by atoms with Crippen LogP contribution in [0, 0.1) is 5.92 Å². The molecule has 2 aliphatic rings. The molecule has 0 aromatic rings. The Hall–Kier alpha value is 0.270. The van der Waals surface area contributed by atoms with Gasteiger partial charge in [-0.15, -0.1) is 0 Å². The highest BCUT2D eigenvalue weighted by Gasteiger charge is 2.33. The molecule has 1 saturated carbocycles. The van der Waals surface area contributed by atoms with E-state index < -0.39 is 5.60 Å². The Labute approximate surface area is 84.5 Å². The van der Waals surface area contributed by atoms with Crippen molar-refractivity contribution in [2.45, 2.75) is 37.8 Å². The second-order valence-corrected chi connectivity index (χ2v) is 5.79. The van der Waals surface area contributed by atoms with Crippen LogP contribution in [0.4, 0.5) is 0 Å². The lowest BCUT2D eigenvalue weighted by molar-refractivity contribution is 0.0574. The van der Waals surface area contributed by atoms with Gasteiger partial charge in [-0.05, 0) is 30.9 Å². The Balaban J connectivity index is 1.67. The van der Waals surface area contributed by atoms with Gasteiger partial charge < -0.3 is 10.4 Å². The first-order valence-electron chi connectivity index (χ1n) is 5.21. The summed E-state index contributed by atoms with van der Waals surface area (Å²) in [6.07, 6.45) is 3.55. The summed E-state index contributed by atoms with van der Waals surface area (Å²) in [5.74, 6) is 2.94. The fourth-order valence-electron chi connectivity index (χ4n) is 2.14. The Morgan fingerprint density at radius 1 is 1.54 bits per heavy atom. The molecule has 1 aliphatic carbocycles. The van der Waals surface area contributed by atoms with Gasteiger partial charge in [0.2, 0.25) is 0 Å². The van der Waals surface area contributed by atoms with Gasteiger partial charge in [0.1, 0.15) is 0 Å². The quantitative estimate of drug-likeness (QED) is 0.720. The lowest BCUT2D eigenvalue weighted by Gasteiger charge is -2.35. The summed E-state index contributed by atoms with van der Waals surface area (Å²) < 4.78 is 0. The summed E-state index contributed by atoms with van der Waals surface area (Å²) in [7, 11) is 0. The topological polar surface area (TPSA) is 32.3 Å². The number of hydrogen-bond donors (Lipinski definition) is 2. The van der Waals surface area contributed by atoms with E-state index in [1.165, 1.54) is 12.8 Å². The van der Waals surface area contributed by atoms with E-state index >= 15 is 0 Å². The van der Waals surface area contributed by atoms with Gasteiger partial charge in [-0.25, -0.2) is 0 Å². The van der Waals surface area contributed by atoms with Crippen molar-refractivity contribution in [2.75, 3.05) is 18.1 Å². The van der Waals surface area contributed by atoms with Crippen molar-refractivity contribution in [3.05, 3.63) is 0 Å². The summed E-state index contributed by atoms with van der Waals surface area (Å²) in [6.45, 7) is 3.09. The van der Waals surface area contributed by atoms with Gasteiger partial charge in [-0.3, -0.25) is 0 Å². The van der Waals surface area contributed by atoms with Crippen molar-refractivity contribution in [2.24, 2.45) is 5.92 Å². The maximum atomic E-state index is 10.0. The van der Waals surface area contributed by atoms with Crippen molar-refractivity contribution < 1.29 is 5.11 Å². The molecule has 76 valence electrons. The zero-order valence-corrected chi connectivity index (χ0v) is 9.07. The first-order valence-corrected chi connectivity index (χ1v) is 6.37. The van der Waals surface area contributed by atoms with E-state index in [1.54, 1.807) is 0 Å². The number of aliphatic hydroxyl groups is 1. The molecule has 1 aliphatic heterocycles. The second kappa shape index (κ2) is 3.79. The third kappa shape index (κ3) is 2.39. The van der Waals surface area contributed by atoms with Gasteiger partial charge in [-0.2, -0.15) is 11.8 Å². The van der Waals surface area contributed by atoms with Crippen LogP contribution in [0.2, 0.25) is 0 Å². The molecule has 1 heterocycles. The van der Waals surface area contributed by atoms with Crippen LogP contribution >= 0.6 is 11.8 Å². The summed E-state index contributed by atoms with van der Waals surface area (Å²) in [5.41, 5.74) is -0.399. The lowest BCUT2D eigenvalue weighted by atomic mass is 9.81. The molecule has 0 aromatic heterocycles. The number of rotatable bonds is 3. The van der Waals surface area contributed by atoms with Gasteiger partial charge in [0, 0.05) is 18.3 Å². The van der Waals surface area contributed by atoms with Crippen molar-refractivity contribution in [3.63, 3.8) is 0 Å². The fraction of sp³-hybridized carbons (Fsp3) is 1.00. The molecule has 0 radical (unpaired) electrons. The van der Waals surface area contributed by atoms with Crippen molar-refractivity contribution >= 4 is 11.8 Å². The Kier molecular flexibility index (Phi) is 2.86. The van der Waals surface area contributed by atoms with Gasteiger partial charge >= 0.3 is 0 Å². The number of nitrogens with one attached hydrogen (secondary N) is 1. The minimum absolute atomic E-state index is 0.399. The van der Waals surface area contributed by atoms with E-state index in [1.807, 2.05) is 11.8 Å². The molecule has 13 heavy (non-hydrogen) atoms. The third-order valence-electron chi connectivity index (χ3n) is 3.18. The van der Waals surface area contributed by atoms with E-state index in [0.29, 0.717) is 6.04 Å². The van der Waals surface area contributed by atoms with E-state index in [2.05, 4.69) is 12.2 Å². The normalized spacial score (nSPS) is 44.8. The third-order valence-corrected chi connectivity index (χ3v) is 4.41. The summed E-state index contributed by atoms with van der Waals surface area (Å²) >= 11 is 1.87. The highest BCUT2D eigenvalue weighted by Crippen LogP contribution is 2.30. The van der Waals surface area contributed by atoms with E-state index in [-0.39, 0.29) is 0 Å². The average Bonchev–Trinajstić information content (AvgIpc) is 2.45. The summed E-state index contributed by atoms with van der Waals surface area (Å²) in [5, 5.41) is 13.5. The van der Waals surface area contributed by atoms with Crippen molar-refractivity contribution in [1.29, 1.82) is 0 Å². The first kappa shape index (κ1) is 9.81.